The molecule has 1 saturated heterocycles. The fourth-order valence-corrected chi connectivity index (χ4v) is 3.83. The SMILES string of the molecule is CCOC(=O)c1cnc(N(C)Cc2nc(C3CCN(Cc4ccccc4F)CC3)no2)nc1. The molecule has 9 nitrogen and oxygen atoms in total. The molecular weight excluding hydrogens is 427 g/mol. The third-order valence-electron chi connectivity index (χ3n) is 5.65. The number of rotatable bonds is 8. The highest BCUT2D eigenvalue weighted by Crippen LogP contribution is 2.27. The zero-order valence-electron chi connectivity index (χ0n) is 18.8. The van der Waals surface area contributed by atoms with Crippen molar-refractivity contribution in [2.24, 2.45) is 0 Å². The number of nitrogens with zero attached hydrogens (tertiary/aromatic N) is 6. The van der Waals surface area contributed by atoms with Crippen molar-refractivity contribution < 1.29 is 18.4 Å². The third-order valence-corrected chi connectivity index (χ3v) is 5.65. The van der Waals surface area contributed by atoms with Crippen LogP contribution in [0.2, 0.25) is 0 Å². The van der Waals surface area contributed by atoms with Crippen molar-refractivity contribution in [1.29, 1.82) is 0 Å². The van der Waals surface area contributed by atoms with Crippen LogP contribution in [0.1, 0.15) is 53.3 Å². The van der Waals surface area contributed by atoms with Crippen LogP contribution in [0, 0.1) is 5.82 Å². The zero-order valence-corrected chi connectivity index (χ0v) is 18.8. The molecule has 174 valence electrons. The maximum atomic E-state index is 13.9. The zero-order chi connectivity index (χ0) is 23.2. The van der Waals surface area contributed by atoms with E-state index in [0.717, 1.165) is 31.5 Å². The van der Waals surface area contributed by atoms with Gasteiger partial charge < -0.3 is 14.2 Å². The van der Waals surface area contributed by atoms with Gasteiger partial charge in [-0.25, -0.2) is 19.2 Å². The molecule has 3 aromatic rings. The Bertz CT molecular complexity index is 1070. The number of anilines is 1. The van der Waals surface area contributed by atoms with Gasteiger partial charge in [0.2, 0.25) is 11.8 Å². The van der Waals surface area contributed by atoms with E-state index in [-0.39, 0.29) is 11.7 Å². The first-order chi connectivity index (χ1) is 16.0. The summed E-state index contributed by atoms with van der Waals surface area (Å²) in [6.45, 7) is 4.70. The first-order valence-corrected chi connectivity index (χ1v) is 11.0. The second kappa shape index (κ2) is 10.5. The van der Waals surface area contributed by atoms with Gasteiger partial charge in [-0.1, -0.05) is 23.4 Å². The average Bonchev–Trinajstić information content (AvgIpc) is 3.30. The van der Waals surface area contributed by atoms with E-state index in [9.17, 15) is 9.18 Å². The summed E-state index contributed by atoms with van der Waals surface area (Å²) in [6, 6.07) is 6.90. The lowest BCUT2D eigenvalue weighted by molar-refractivity contribution is 0.0525. The highest BCUT2D eigenvalue weighted by Gasteiger charge is 2.25. The lowest BCUT2D eigenvalue weighted by atomic mass is 9.96. The second-order valence-electron chi connectivity index (χ2n) is 8.04. The number of hydrogen-bond acceptors (Lipinski definition) is 9. The first kappa shape index (κ1) is 22.8. The third kappa shape index (κ3) is 5.70. The molecule has 33 heavy (non-hydrogen) atoms. The van der Waals surface area contributed by atoms with Gasteiger partial charge in [-0.3, -0.25) is 4.90 Å². The molecule has 0 atom stereocenters. The standard InChI is InChI=1S/C23H27FN6O3/c1-3-32-22(31)18-12-25-23(26-13-18)29(2)15-20-27-21(28-33-20)16-8-10-30(11-9-16)14-17-6-4-5-7-19(17)24/h4-7,12-13,16H,3,8-11,14-15H2,1-2H3. The van der Waals surface area contributed by atoms with Crippen LogP contribution in [0.4, 0.5) is 10.3 Å². The molecule has 0 radical (unpaired) electrons. The second-order valence-corrected chi connectivity index (χ2v) is 8.04. The molecule has 0 unspecified atom stereocenters. The van der Waals surface area contributed by atoms with Crippen LogP contribution in [0.15, 0.2) is 41.2 Å². The van der Waals surface area contributed by atoms with Crippen LogP contribution >= 0.6 is 0 Å². The van der Waals surface area contributed by atoms with Gasteiger partial charge in [-0.2, -0.15) is 4.98 Å². The van der Waals surface area contributed by atoms with Crippen molar-refractivity contribution in [3.8, 4) is 0 Å². The van der Waals surface area contributed by atoms with E-state index in [1.54, 1.807) is 17.9 Å². The summed E-state index contributed by atoms with van der Waals surface area (Å²) in [5.74, 6) is 1.20. The highest BCUT2D eigenvalue weighted by molar-refractivity contribution is 5.88. The maximum Gasteiger partial charge on any atom is 0.341 e. The van der Waals surface area contributed by atoms with Crippen molar-refractivity contribution in [3.05, 3.63) is 65.3 Å². The number of benzene rings is 1. The number of ether oxygens (including phenoxy) is 1. The molecule has 3 heterocycles. The van der Waals surface area contributed by atoms with Crippen molar-refractivity contribution in [3.63, 3.8) is 0 Å². The van der Waals surface area contributed by atoms with Gasteiger partial charge in [0.05, 0.1) is 18.7 Å². The number of likely N-dealkylation sites (tertiary alicyclic amines) is 1. The van der Waals surface area contributed by atoms with Crippen molar-refractivity contribution >= 4 is 11.9 Å². The van der Waals surface area contributed by atoms with Gasteiger partial charge in [0.1, 0.15) is 5.82 Å². The van der Waals surface area contributed by atoms with Crippen molar-refractivity contribution in [1.82, 2.24) is 25.0 Å². The molecular formula is C23H27FN6O3. The Hall–Kier alpha value is -3.40. The van der Waals surface area contributed by atoms with E-state index < -0.39 is 5.97 Å². The Morgan fingerprint density at radius 1 is 1.24 bits per heavy atom. The van der Waals surface area contributed by atoms with Gasteiger partial charge in [0, 0.05) is 37.5 Å². The summed E-state index contributed by atoms with van der Waals surface area (Å²) < 4.78 is 24.3. The summed E-state index contributed by atoms with van der Waals surface area (Å²) in [7, 11) is 1.81. The number of hydrogen-bond donors (Lipinski definition) is 0. The normalized spacial score (nSPS) is 14.9. The number of carbonyl (C=O) groups is 1. The molecule has 0 N–H and O–H groups in total. The van der Waals surface area contributed by atoms with Crippen LogP contribution in [0.3, 0.4) is 0 Å². The Morgan fingerprint density at radius 3 is 2.67 bits per heavy atom. The van der Waals surface area contributed by atoms with Crippen LogP contribution in [-0.2, 0) is 17.8 Å². The van der Waals surface area contributed by atoms with Gasteiger partial charge in [0.25, 0.3) is 0 Å². The predicted octanol–water partition coefficient (Wildman–Crippen LogP) is 3.19. The topological polar surface area (TPSA) is 97.5 Å². The van der Waals surface area contributed by atoms with Crippen LogP contribution in [0.5, 0.6) is 0 Å². The Balaban J connectivity index is 1.29. The van der Waals surface area contributed by atoms with Crippen LogP contribution in [-0.4, -0.2) is 57.7 Å². The number of carbonyl (C=O) groups excluding carboxylic acids is 1. The highest BCUT2D eigenvalue weighted by atomic mass is 19.1. The molecule has 4 rings (SSSR count). The number of esters is 1. The van der Waals surface area contributed by atoms with E-state index in [1.165, 1.54) is 18.5 Å². The fourth-order valence-electron chi connectivity index (χ4n) is 3.83. The summed E-state index contributed by atoms with van der Waals surface area (Å²) in [4.78, 5) is 28.7. The predicted molar refractivity (Wildman–Crippen MR) is 118 cm³/mol. The molecule has 1 fully saturated rings. The average molecular weight is 455 g/mol. The summed E-state index contributed by atoms with van der Waals surface area (Å²) in [5.41, 5.74) is 1.02. The van der Waals surface area contributed by atoms with Gasteiger partial charge >= 0.3 is 5.97 Å². The molecule has 1 aromatic carbocycles. The lowest BCUT2D eigenvalue weighted by Crippen LogP contribution is -2.33. The first-order valence-electron chi connectivity index (χ1n) is 11.0. The quantitative estimate of drug-likeness (QED) is 0.475. The molecule has 0 amide bonds. The van der Waals surface area contributed by atoms with Gasteiger partial charge in [0.15, 0.2) is 5.82 Å². The smallest absolute Gasteiger partial charge is 0.341 e. The van der Waals surface area contributed by atoms with Crippen LogP contribution in [0.25, 0.3) is 0 Å². The Labute approximate surface area is 191 Å². The molecule has 0 aliphatic carbocycles. The van der Waals surface area contributed by atoms with E-state index in [1.807, 2.05) is 19.2 Å². The molecule has 10 heteroatoms. The minimum atomic E-state index is -0.451. The number of aromatic nitrogens is 4. The van der Waals surface area contributed by atoms with Gasteiger partial charge in [-0.15, -0.1) is 0 Å². The van der Waals surface area contributed by atoms with E-state index >= 15 is 0 Å². The molecule has 2 aromatic heterocycles. The lowest BCUT2D eigenvalue weighted by Gasteiger charge is -2.30. The summed E-state index contributed by atoms with van der Waals surface area (Å²) >= 11 is 0. The van der Waals surface area contributed by atoms with Gasteiger partial charge in [-0.05, 0) is 38.9 Å². The molecule has 0 saturated carbocycles. The van der Waals surface area contributed by atoms with Crippen LogP contribution < -0.4 is 4.90 Å². The van der Waals surface area contributed by atoms with E-state index in [0.29, 0.717) is 42.9 Å². The van der Waals surface area contributed by atoms with Crippen molar-refractivity contribution in [2.75, 3.05) is 31.6 Å². The maximum absolute atomic E-state index is 13.9. The number of halogens is 1. The minimum Gasteiger partial charge on any atom is -0.462 e. The molecule has 0 bridgehead atoms. The van der Waals surface area contributed by atoms with E-state index in [4.69, 9.17) is 9.26 Å². The largest absolute Gasteiger partial charge is 0.462 e. The molecule has 1 aliphatic heterocycles. The van der Waals surface area contributed by atoms with E-state index in [2.05, 4.69) is 25.0 Å². The fraction of sp³-hybridized carbons (Fsp3) is 0.435. The molecule has 1 aliphatic rings. The Kier molecular flexibility index (Phi) is 7.23. The Morgan fingerprint density at radius 2 is 1.97 bits per heavy atom. The van der Waals surface area contributed by atoms with Crippen molar-refractivity contribution in [2.45, 2.75) is 38.8 Å². The summed E-state index contributed by atoms with van der Waals surface area (Å²) in [6.07, 6.45) is 4.65. The summed E-state index contributed by atoms with van der Waals surface area (Å²) in [5, 5.41) is 4.17. The number of piperidine rings is 1. The molecule has 0 spiro atoms. The minimum absolute atomic E-state index is 0.161. The monoisotopic (exact) mass is 454 g/mol.